The zero-order valence-corrected chi connectivity index (χ0v) is 12.0. The smallest absolute Gasteiger partial charge is 0.308 e. The zero-order chi connectivity index (χ0) is 15.4. The average Bonchev–Trinajstić information content (AvgIpc) is 2.51. The van der Waals surface area contributed by atoms with E-state index in [1.165, 1.54) is 4.90 Å². The summed E-state index contributed by atoms with van der Waals surface area (Å²) in [7, 11) is 0. The Balaban J connectivity index is 2.24. The Morgan fingerprint density at radius 1 is 1.24 bits per heavy atom. The van der Waals surface area contributed by atoms with Crippen LogP contribution in [0.4, 0.5) is 0 Å². The van der Waals surface area contributed by atoms with Crippen molar-refractivity contribution in [2.24, 2.45) is 5.92 Å². The third kappa shape index (κ3) is 3.34. The zero-order valence-electron chi connectivity index (χ0n) is 12.0. The van der Waals surface area contributed by atoms with Gasteiger partial charge in [0.15, 0.2) is 0 Å². The van der Waals surface area contributed by atoms with Crippen molar-refractivity contribution in [3.8, 4) is 0 Å². The monoisotopic (exact) mass is 287 g/mol. The van der Waals surface area contributed by atoms with Crippen LogP contribution in [-0.2, 0) is 4.79 Å². The van der Waals surface area contributed by atoms with E-state index in [2.05, 4.69) is 9.97 Å². The van der Waals surface area contributed by atoms with Crippen LogP contribution in [0.15, 0.2) is 30.6 Å². The largest absolute Gasteiger partial charge is 0.481 e. The fourth-order valence-corrected chi connectivity index (χ4v) is 2.04. The van der Waals surface area contributed by atoms with Crippen molar-refractivity contribution in [1.82, 2.24) is 14.9 Å². The number of carboxylic acid groups (broad SMARTS) is 1. The van der Waals surface area contributed by atoms with Gasteiger partial charge in [0.1, 0.15) is 0 Å². The van der Waals surface area contributed by atoms with E-state index in [1.54, 1.807) is 37.5 Å². The second-order valence-corrected chi connectivity index (χ2v) is 4.84. The molecular formula is C15H17N3O3. The highest BCUT2D eigenvalue weighted by atomic mass is 16.4. The van der Waals surface area contributed by atoms with Crippen molar-refractivity contribution in [1.29, 1.82) is 0 Å². The summed E-state index contributed by atoms with van der Waals surface area (Å²) in [6, 6.07) is 5.11. The molecule has 0 aliphatic rings. The van der Waals surface area contributed by atoms with Crippen molar-refractivity contribution in [3.63, 3.8) is 0 Å². The Hall–Kier alpha value is -2.50. The quantitative estimate of drug-likeness (QED) is 0.906. The molecule has 2 aromatic rings. The predicted molar refractivity (Wildman–Crippen MR) is 77.9 cm³/mol. The van der Waals surface area contributed by atoms with E-state index >= 15 is 0 Å². The first-order valence-corrected chi connectivity index (χ1v) is 6.75. The third-order valence-electron chi connectivity index (χ3n) is 3.30. The number of hydrogen-bond donors (Lipinski definition) is 1. The number of aliphatic carboxylic acids is 1. The molecule has 6 nitrogen and oxygen atoms in total. The van der Waals surface area contributed by atoms with Crippen molar-refractivity contribution in [3.05, 3.63) is 36.2 Å². The van der Waals surface area contributed by atoms with Crippen LogP contribution in [0.25, 0.3) is 11.0 Å². The Morgan fingerprint density at radius 2 is 1.90 bits per heavy atom. The highest BCUT2D eigenvalue weighted by Gasteiger charge is 2.20. The molecule has 1 heterocycles. The van der Waals surface area contributed by atoms with Crippen LogP contribution in [0.3, 0.4) is 0 Å². The molecule has 2 rings (SSSR count). The van der Waals surface area contributed by atoms with Crippen molar-refractivity contribution in [2.45, 2.75) is 13.8 Å². The average molecular weight is 287 g/mol. The molecule has 0 saturated heterocycles. The Bertz CT molecular complexity index is 672. The van der Waals surface area contributed by atoms with Crippen LogP contribution in [-0.4, -0.2) is 44.9 Å². The first kappa shape index (κ1) is 14.9. The van der Waals surface area contributed by atoms with E-state index in [-0.39, 0.29) is 12.5 Å². The highest BCUT2D eigenvalue weighted by molar-refractivity contribution is 5.97. The van der Waals surface area contributed by atoms with E-state index in [0.29, 0.717) is 17.6 Å². The number of carbonyl (C=O) groups excluding carboxylic acids is 1. The highest BCUT2D eigenvalue weighted by Crippen LogP contribution is 2.14. The van der Waals surface area contributed by atoms with Crippen molar-refractivity contribution < 1.29 is 14.7 Å². The summed E-state index contributed by atoms with van der Waals surface area (Å²) < 4.78 is 0. The molecule has 0 aliphatic heterocycles. The summed E-state index contributed by atoms with van der Waals surface area (Å²) in [5.74, 6) is -1.71. The van der Waals surface area contributed by atoms with E-state index in [4.69, 9.17) is 5.11 Å². The van der Waals surface area contributed by atoms with Crippen LogP contribution in [0, 0.1) is 5.92 Å². The van der Waals surface area contributed by atoms with Gasteiger partial charge in [-0.15, -0.1) is 0 Å². The van der Waals surface area contributed by atoms with Crippen LogP contribution >= 0.6 is 0 Å². The number of fused-ring (bicyclic) bond motifs is 1. The molecule has 0 spiro atoms. The van der Waals surface area contributed by atoms with Crippen LogP contribution < -0.4 is 0 Å². The number of benzene rings is 1. The standard InChI is InChI=1S/C15H17N3O3/c1-3-18(9-10(2)15(20)21)14(19)11-4-5-12-13(8-11)17-7-6-16-12/h4-8,10H,3,9H2,1-2H3,(H,20,21). The van der Waals surface area contributed by atoms with E-state index < -0.39 is 11.9 Å². The Morgan fingerprint density at radius 3 is 2.52 bits per heavy atom. The number of nitrogens with zero attached hydrogens (tertiary/aromatic N) is 3. The van der Waals surface area contributed by atoms with E-state index in [0.717, 1.165) is 5.52 Å². The lowest BCUT2D eigenvalue weighted by Gasteiger charge is -2.23. The summed E-state index contributed by atoms with van der Waals surface area (Å²) in [6.45, 7) is 4.05. The fourth-order valence-electron chi connectivity index (χ4n) is 2.04. The lowest BCUT2D eigenvalue weighted by Crippen LogP contribution is -2.36. The van der Waals surface area contributed by atoms with Crippen LogP contribution in [0.1, 0.15) is 24.2 Å². The molecule has 21 heavy (non-hydrogen) atoms. The van der Waals surface area contributed by atoms with E-state index in [1.807, 2.05) is 6.92 Å². The first-order chi connectivity index (χ1) is 10.0. The second-order valence-electron chi connectivity index (χ2n) is 4.84. The molecule has 110 valence electrons. The molecule has 0 bridgehead atoms. The number of carboxylic acids is 1. The summed E-state index contributed by atoms with van der Waals surface area (Å²) in [5.41, 5.74) is 1.85. The lowest BCUT2D eigenvalue weighted by atomic mass is 10.1. The number of hydrogen-bond acceptors (Lipinski definition) is 4. The van der Waals surface area contributed by atoms with Crippen molar-refractivity contribution >= 4 is 22.9 Å². The number of amides is 1. The predicted octanol–water partition coefficient (Wildman–Crippen LogP) is 1.81. The van der Waals surface area contributed by atoms with Crippen molar-refractivity contribution in [2.75, 3.05) is 13.1 Å². The fraction of sp³-hybridized carbons (Fsp3) is 0.333. The molecule has 1 atom stereocenters. The van der Waals surface area contributed by atoms with Gasteiger partial charge in [0.2, 0.25) is 0 Å². The van der Waals surface area contributed by atoms with Crippen LogP contribution in [0.2, 0.25) is 0 Å². The number of carbonyl (C=O) groups is 2. The summed E-state index contributed by atoms with van der Waals surface area (Å²) in [4.78, 5) is 33.2. The van der Waals surface area contributed by atoms with Gasteiger partial charge in [-0.05, 0) is 25.1 Å². The topological polar surface area (TPSA) is 83.4 Å². The molecule has 1 aromatic heterocycles. The number of aromatic nitrogens is 2. The molecule has 1 unspecified atom stereocenters. The van der Waals surface area contributed by atoms with E-state index in [9.17, 15) is 9.59 Å². The molecule has 1 amide bonds. The van der Waals surface area contributed by atoms with Gasteiger partial charge < -0.3 is 10.0 Å². The lowest BCUT2D eigenvalue weighted by molar-refractivity contribution is -0.141. The molecule has 0 radical (unpaired) electrons. The minimum atomic E-state index is -0.911. The normalized spacial score (nSPS) is 12.1. The molecule has 0 fully saturated rings. The van der Waals surface area contributed by atoms with Gasteiger partial charge in [-0.25, -0.2) is 0 Å². The van der Waals surface area contributed by atoms with Gasteiger partial charge in [-0.1, -0.05) is 6.92 Å². The molecule has 0 saturated carbocycles. The van der Waals surface area contributed by atoms with Crippen LogP contribution in [0.5, 0.6) is 0 Å². The maximum Gasteiger partial charge on any atom is 0.308 e. The molecule has 1 N–H and O–H groups in total. The SMILES string of the molecule is CCN(CC(C)C(=O)O)C(=O)c1ccc2nccnc2c1. The van der Waals surface area contributed by atoms with Gasteiger partial charge in [0.05, 0.1) is 17.0 Å². The molecule has 6 heteroatoms. The van der Waals surface area contributed by atoms with Gasteiger partial charge >= 0.3 is 5.97 Å². The minimum absolute atomic E-state index is 0.184. The third-order valence-corrected chi connectivity index (χ3v) is 3.30. The number of rotatable bonds is 5. The Kier molecular flexibility index (Phi) is 4.47. The molecular weight excluding hydrogens is 270 g/mol. The first-order valence-electron chi connectivity index (χ1n) is 6.75. The minimum Gasteiger partial charge on any atom is -0.481 e. The van der Waals surface area contributed by atoms with Gasteiger partial charge in [-0.3, -0.25) is 19.6 Å². The maximum atomic E-state index is 12.5. The Labute approximate surface area is 122 Å². The van der Waals surface area contributed by atoms with Gasteiger partial charge in [0.25, 0.3) is 5.91 Å². The maximum absolute atomic E-state index is 12.5. The summed E-state index contributed by atoms with van der Waals surface area (Å²) in [5, 5.41) is 8.96. The van der Waals surface area contributed by atoms with Gasteiger partial charge in [-0.2, -0.15) is 0 Å². The molecule has 0 aliphatic carbocycles. The second kappa shape index (κ2) is 6.30. The summed E-state index contributed by atoms with van der Waals surface area (Å²) >= 11 is 0. The molecule has 1 aromatic carbocycles. The van der Waals surface area contributed by atoms with Gasteiger partial charge in [0, 0.05) is 31.0 Å². The summed E-state index contributed by atoms with van der Waals surface area (Å²) in [6.07, 6.45) is 3.16.